The van der Waals surface area contributed by atoms with Crippen molar-refractivity contribution in [3.05, 3.63) is 18.2 Å². The molecule has 1 aliphatic carbocycles. The molecular formula is C20H31N3O5S. The Balaban J connectivity index is 1.47. The third-order valence-electron chi connectivity index (χ3n) is 5.80. The molecule has 1 saturated heterocycles. The Labute approximate surface area is 173 Å². The number of hydrogen-bond donors (Lipinski definition) is 1. The molecule has 1 N–H and O–H groups in total. The second-order valence-corrected chi connectivity index (χ2v) is 9.29. The van der Waals surface area contributed by atoms with E-state index in [1.54, 1.807) is 6.07 Å². The van der Waals surface area contributed by atoms with Crippen LogP contribution in [0.25, 0.3) is 0 Å². The van der Waals surface area contributed by atoms with Crippen LogP contribution in [0.5, 0.6) is 11.5 Å². The van der Waals surface area contributed by atoms with Gasteiger partial charge in [0.15, 0.2) is 11.5 Å². The van der Waals surface area contributed by atoms with Crippen LogP contribution < -0.4 is 14.2 Å². The Morgan fingerprint density at radius 3 is 2.34 bits per heavy atom. The van der Waals surface area contributed by atoms with E-state index in [1.807, 2.05) is 4.90 Å². The molecule has 2 aliphatic rings. The van der Waals surface area contributed by atoms with Crippen molar-refractivity contribution >= 4 is 15.9 Å². The minimum Gasteiger partial charge on any atom is -0.493 e. The van der Waals surface area contributed by atoms with Crippen LogP contribution in [-0.4, -0.2) is 77.1 Å². The molecule has 0 radical (unpaired) electrons. The second kappa shape index (κ2) is 9.77. The molecule has 1 amide bonds. The fraction of sp³-hybridized carbons (Fsp3) is 0.650. The zero-order chi connectivity index (χ0) is 20.9. The molecule has 162 valence electrons. The number of hydrogen-bond acceptors (Lipinski definition) is 6. The quantitative estimate of drug-likeness (QED) is 0.678. The lowest BCUT2D eigenvalue weighted by Gasteiger charge is -2.38. The number of nitrogens with zero attached hydrogens (tertiary/aromatic N) is 2. The minimum absolute atomic E-state index is 0.00826. The van der Waals surface area contributed by atoms with Gasteiger partial charge in [0, 0.05) is 51.3 Å². The van der Waals surface area contributed by atoms with Gasteiger partial charge in [0.2, 0.25) is 15.9 Å². The lowest BCUT2D eigenvalue weighted by molar-refractivity contribution is -0.133. The van der Waals surface area contributed by atoms with E-state index in [4.69, 9.17) is 9.47 Å². The number of piperazine rings is 1. The molecule has 0 spiro atoms. The van der Waals surface area contributed by atoms with Crippen molar-refractivity contribution in [3.63, 3.8) is 0 Å². The average molecular weight is 426 g/mol. The summed E-state index contributed by atoms with van der Waals surface area (Å²) in [4.78, 5) is 16.9. The molecule has 2 fully saturated rings. The predicted molar refractivity (Wildman–Crippen MR) is 110 cm³/mol. The average Bonchev–Trinajstić information content (AvgIpc) is 3.28. The molecule has 1 saturated carbocycles. The van der Waals surface area contributed by atoms with E-state index in [0.717, 1.165) is 26.2 Å². The number of ether oxygens (including phenoxy) is 2. The van der Waals surface area contributed by atoms with Gasteiger partial charge in [-0.2, -0.15) is 0 Å². The first-order valence-electron chi connectivity index (χ1n) is 10.2. The van der Waals surface area contributed by atoms with Gasteiger partial charge in [-0.1, -0.05) is 12.8 Å². The number of nitrogens with one attached hydrogen (secondary N) is 1. The van der Waals surface area contributed by atoms with Crippen molar-refractivity contribution in [2.24, 2.45) is 0 Å². The predicted octanol–water partition coefficient (Wildman–Crippen LogP) is 1.46. The van der Waals surface area contributed by atoms with Gasteiger partial charge in [0.25, 0.3) is 0 Å². The Hall–Kier alpha value is -1.84. The molecule has 1 aromatic rings. The van der Waals surface area contributed by atoms with Gasteiger partial charge in [-0.3, -0.25) is 9.69 Å². The first-order chi connectivity index (χ1) is 13.9. The summed E-state index contributed by atoms with van der Waals surface area (Å²) >= 11 is 0. The molecule has 3 rings (SSSR count). The number of rotatable bonds is 8. The second-order valence-electron chi connectivity index (χ2n) is 7.52. The third-order valence-corrected chi connectivity index (χ3v) is 7.26. The van der Waals surface area contributed by atoms with E-state index >= 15 is 0 Å². The molecule has 1 aliphatic heterocycles. The van der Waals surface area contributed by atoms with Gasteiger partial charge in [0.05, 0.1) is 19.1 Å². The fourth-order valence-corrected chi connectivity index (χ4v) is 5.17. The molecule has 8 nitrogen and oxygen atoms in total. The van der Waals surface area contributed by atoms with Crippen LogP contribution >= 0.6 is 0 Å². The van der Waals surface area contributed by atoms with Crippen molar-refractivity contribution in [2.45, 2.75) is 43.0 Å². The minimum atomic E-state index is -3.73. The van der Waals surface area contributed by atoms with Crippen molar-refractivity contribution in [1.29, 1.82) is 0 Å². The molecule has 0 unspecified atom stereocenters. The third kappa shape index (κ3) is 5.40. The monoisotopic (exact) mass is 425 g/mol. The highest BCUT2D eigenvalue weighted by molar-refractivity contribution is 7.89. The van der Waals surface area contributed by atoms with Crippen LogP contribution in [0, 0.1) is 0 Å². The van der Waals surface area contributed by atoms with Gasteiger partial charge in [-0.05, 0) is 25.0 Å². The summed E-state index contributed by atoms with van der Waals surface area (Å²) in [5, 5.41) is 0. The van der Waals surface area contributed by atoms with E-state index in [-0.39, 0.29) is 23.8 Å². The molecule has 0 bridgehead atoms. The molecule has 29 heavy (non-hydrogen) atoms. The number of sulfonamides is 1. The molecule has 0 atom stereocenters. The maximum atomic E-state index is 12.5. The summed E-state index contributed by atoms with van der Waals surface area (Å²) in [6.45, 7) is 3.33. The summed E-state index contributed by atoms with van der Waals surface area (Å²) in [7, 11) is -0.788. The van der Waals surface area contributed by atoms with Gasteiger partial charge in [-0.15, -0.1) is 0 Å². The molecule has 1 aromatic carbocycles. The van der Waals surface area contributed by atoms with Crippen molar-refractivity contribution in [3.8, 4) is 11.5 Å². The topological polar surface area (TPSA) is 88.2 Å². The van der Waals surface area contributed by atoms with Crippen molar-refractivity contribution in [2.75, 3.05) is 46.9 Å². The number of benzene rings is 1. The smallest absolute Gasteiger partial charge is 0.240 e. The largest absolute Gasteiger partial charge is 0.493 e. The fourth-order valence-electron chi connectivity index (χ4n) is 4.12. The van der Waals surface area contributed by atoms with Gasteiger partial charge >= 0.3 is 0 Å². The first kappa shape index (κ1) is 21.9. The molecular weight excluding hydrogens is 394 g/mol. The highest BCUT2D eigenvalue weighted by Crippen LogP contribution is 2.29. The lowest BCUT2D eigenvalue weighted by atomic mass is 10.1. The standard InChI is InChI=1S/C20H31N3O5S/c1-27-18-8-7-17(15-19(18)28-2)29(25,26)21-10-9-20(24)23-13-11-22(12-14-23)16-5-3-4-6-16/h7-8,15-16,21H,3-6,9-14H2,1-2H3. The number of amides is 1. The zero-order valence-corrected chi connectivity index (χ0v) is 18.0. The highest BCUT2D eigenvalue weighted by atomic mass is 32.2. The molecule has 9 heteroatoms. The van der Waals surface area contributed by atoms with Crippen LogP contribution in [-0.2, 0) is 14.8 Å². The van der Waals surface area contributed by atoms with Gasteiger partial charge < -0.3 is 14.4 Å². The lowest BCUT2D eigenvalue weighted by Crippen LogP contribution is -2.51. The van der Waals surface area contributed by atoms with Crippen LogP contribution in [0.15, 0.2) is 23.1 Å². The van der Waals surface area contributed by atoms with E-state index < -0.39 is 10.0 Å². The Morgan fingerprint density at radius 2 is 1.72 bits per heavy atom. The zero-order valence-electron chi connectivity index (χ0n) is 17.2. The molecule has 1 heterocycles. The van der Waals surface area contributed by atoms with E-state index in [9.17, 15) is 13.2 Å². The van der Waals surface area contributed by atoms with Crippen molar-refractivity contribution in [1.82, 2.24) is 14.5 Å². The van der Waals surface area contributed by atoms with Gasteiger partial charge in [-0.25, -0.2) is 13.1 Å². The first-order valence-corrected chi connectivity index (χ1v) is 11.7. The van der Waals surface area contributed by atoms with Gasteiger partial charge in [0.1, 0.15) is 0 Å². The number of carbonyl (C=O) groups excluding carboxylic acids is 1. The van der Waals surface area contributed by atoms with Crippen molar-refractivity contribution < 1.29 is 22.7 Å². The van der Waals surface area contributed by atoms with Crippen LogP contribution in [0.3, 0.4) is 0 Å². The number of methoxy groups -OCH3 is 2. The maximum Gasteiger partial charge on any atom is 0.240 e. The molecule has 0 aromatic heterocycles. The van der Waals surface area contributed by atoms with E-state index in [0.29, 0.717) is 17.5 Å². The van der Waals surface area contributed by atoms with E-state index in [1.165, 1.54) is 52.0 Å². The highest BCUT2D eigenvalue weighted by Gasteiger charge is 2.27. The summed E-state index contributed by atoms with van der Waals surface area (Å²) in [5.74, 6) is 0.788. The number of carbonyl (C=O) groups is 1. The van der Waals surface area contributed by atoms with Crippen LogP contribution in [0.1, 0.15) is 32.1 Å². The maximum absolute atomic E-state index is 12.5. The van der Waals surface area contributed by atoms with E-state index in [2.05, 4.69) is 9.62 Å². The summed E-state index contributed by atoms with van der Waals surface area (Å²) in [6.07, 6.45) is 5.31. The Morgan fingerprint density at radius 1 is 1.07 bits per heavy atom. The summed E-state index contributed by atoms with van der Waals surface area (Å²) < 4.78 is 37.8. The van der Waals surface area contributed by atoms with Crippen LogP contribution in [0.4, 0.5) is 0 Å². The normalized spacial score (nSPS) is 18.8. The SMILES string of the molecule is COc1ccc(S(=O)(=O)NCCC(=O)N2CCN(C3CCCC3)CC2)cc1OC. The summed E-state index contributed by atoms with van der Waals surface area (Å²) in [6, 6.07) is 5.09. The summed E-state index contributed by atoms with van der Waals surface area (Å²) in [5.41, 5.74) is 0. The van der Waals surface area contributed by atoms with Crippen LogP contribution in [0.2, 0.25) is 0 Å². The Kier molecular flexibility index (Phi) is 7.37. The Bertz CT molecular complexity index is 800.